The molecule has 35 heteroatoms. The molecule has 6 amide bonds. The summed E-state index contributed by atoms with van der Waals surface area (Å²) in [5, 5.41) is 19.2. The number of rotatable bonds is 26. The number of nitrogens with one attached hydrogen (secondary N) is 6. The topological polar surface area (TPSA) is 387 Å². The second-order valence-corrected chi connectivity index (χ2v) is 47.2. The van der Waals surface area contributed by atoms with E-state index >= 15 is 0 Å². The third-order valence-corrected chi connectivity index (χ3v) is 33.8. The minimum Gasteiger partial charge on any atom is -0.378 e. The lowest BCUT2D eigenvalue weighted by molar-refractivity contribution is -0.126. The maximum Gasteiger partial charge on any atom is 0.227 e. The van der Waals surface area contributed by atoms with Crippen molar-refractivity contribution in [2.75, 3.05) is 51.7 Å². The standard InChI is InChI=1S/2C20H26N4O2.C18H24N4O2.C18H24N4O.C17H21ClN4O.C17H23ClN4O.2CH4/c2*1-12-6-7-15-18(21-12)24(14-4-3-5-14)19(22-15)23-16(25)10-13-11-20(2)8-9-26-17(13)20;1-12-7-9-15-17(19-12)22(13-4-2-5-13)18(20-15)21-16(23)10-8-14-6-3-11-24-14;1-12-6-7-14-16(19-12)22(13-4-3-5-13)17(20-14)21-15(23)8-9-18(2)10-11-18;1-17(9-10-17)8-7-14(23)21-16-19-12-5-6-13(18)20-15(12)22(16)11-3-2-4-11;1-10-12(18)8-13-15(19-10)22(11-6-5-7-11)16(20-13)21-14(23)9-17(2,3)4;;/h2*6-7,13-14,17H,3-5,8-11H2,1-2H3,(H,22,23,25);7,9,13-14H,2-6,8,10-11H2,1H3,(H,20,21,23);6-7,13H,3-5,8-11H2,1-2H3,(H,20,21,23);5-6,11H,2-4,7-10H2,1H3,(H,19,21,23);8,11H,5-7,9H2,1-4H3,(H,20,21,23);2*1H4/t13?,17-,20+;13?,17-,20-;14-;;;;;/m110...../s1. The first-order valence-corrected chi connectivity index (χ1v) is 54.5. The van der Waals surface area contributed by atoms with Gasteiger partial charge in [-0.05, 0) is 339 Å². The number of hydrogen-bond acceptors (Lipinski definition) is 21. The second kappa shape index (κ2) is 43.9. The van der Waals surface area contributed by atoms with Crippen LogP contribution >= 0.6 is 23.2 Å². The van der Waals surface area contributed by atoms with Crippen LogP contribution in [0.25, 0.3) is 67.0 Å². The van der Waals surface area contributed by atoms with Crippen LogP contribution in [0.5, 0.6) is 0 Å². The largest absolute Gasteiger partial charge is 0.378 e. The zero-order valence-electron chi connectivity index (χ0n) is 86.5. The Labute approximate surface area is 872 Å². The van der Waals surface area contributed by atoms with Crippen molar-refractivity contribution in [3.05, 3.63) is 105 Å². The predicted octanol–water partition coefficient (Wildman–Crippen LogP) is 24.7. The van der Waals surface area contributed by atoms with Crippen LogP contribution < -0.4 is 31.9 Å². The Kier molecular flexibility index (Phi) is 31.6. The van der Waals surface area contributed by atoms with Crippen LogP contribution in [0.4, 0.5) is 35.7 Å². The second-order valence-electron chi connectivity index (χ2n) is 46.4. The van der Waals surface area contributed by atoms with Gasteiger partial charge in [-0.2, -0.15) is 0 Å². The molecular weight excluding hydrogens is 1900 g/mol. The van der Waals surface area contributed by atoms with Crippen molar-refractivity contribution in [3.63, 3.8) is 0 Å². The molecule has 10 saturated carbocycles. The molecule has 0 spiro atoms. The van der Waals surface area contributed by atoms with Gasteiger partial charge in [-0.3, -0.25) is 88.1 Å². The van der Waals surface area contributed by atoms with E-state index in [2.05, 4.69) is 147 Å². The van der Waals surface area contributed by atoms with Crippen LogP contribution in [0, 0.1) is 73.5 Å². The van der Waals surface area contributed by atoms with Gasteiger partial charge in [0.1, 0.15) is 38.3 Å². The van der Waals surface area contributed by atoms with Gasteiger partial charge in [0.25, 0.3) is 0 Å². The number of imidazole rings is 6. The number of carbonyl (C=O) groups is 6. The highest BCUT2D eigenvalue weighted by molar-refractivity contribution is 6.31. The third-order valence-electron chi connectivity index (χ3n) is 33.2. The number of ether oxygens (including phenoxy) is 3. The number of pyridine rings is 6. The molecule has 13 aliphatic rings. The fraction of sp³-hybridized carbons (Fsp3) is 0.625. The Morgan fingerprint density at radius 2 is 0.660 bits per heavy atom. The van der Waals surface area contributed by atoms with E-state index < -0.39 is 0 Å². The molecule has 6 N–H and O–H groups in total. The minimum atomic E-state index is -0.0600. The predicted molar refractivity (Wildman–Crippen MR) is 577 cm³/mol. The molecule has 0 radical (unpaired) electrons. The van der Waals surface area contributed by atoms with Crippen LogP contribution in [0.2, 0.25) is 10.2 Å². The van der Waals surface area contributed by atoms with Crippen LogP contribution in [-0.2, 0) is 43.0 Å². The molecule has 10 aliphatic carbocycles. The monoisotopic (exact) mass is 2050 g/mol. The van der Waals surface area contributed by atoms with Crippen molar-refractivity contribution in [1.29, 1.82) is 0 Å². The maximum atomic E-state index is 12.7. The number of halogens is 2. The van der Waals surface area contributed by atoms with E-state index in [0.29, 0.717) is 154 Å². The van der Waals surface area contributed by atoms with Gasteiger partial charge < -0.3 is 14.2 Å². The quantitative estimate of drug-likeness (QED) is 0.0274. The van der Waals surface area contributed by atoms with Gasteiger partial charge in [0.15, 0.2) is 33.9 Å². The summed E-state index contributed by atoms with van der Waals surface area (Å²) in [6.07, 6.45) is 38.9. The molecule has 0 bridgehead atoms. The molecule has 3 aliphatic heterocycles. The SMILES string of the molecule is C.C.CC1(CCC(=O)Nc2nc3ccc(Cl)nc3n2C2CCC2)CC1.Cc1ccc2nc(NC(=O)CC3C[C@@]4(C)CCO[C@H]34)n(C3CCC3)c2n1.Cc1ccc2nc(NC(=O)CC3C[C@]4(C)CCO[C@H]34)n(C3CCC3)c2n1.Cc1ccc2nc(NC(=O)CCC3(C)CC3)n(C3CCC3)c2n1.Cc1ccc2nc(NC(=O)CC[C@@H]3CCCO3)n(C3CCC3)c2n1.Cc1nc2c(cc1Cl)nc(NC(=O)CC(C)(C)C)n2C1CCC1. The maximum absolute atomic E-state index is 12.7. The van der Waals surface area contributed by atoms with Crippen LogP contribution in [-0.4, -0.2) is 161 Å². The Morgan fingerprint density at radius 3 is 0.966 bits per heavy atom. The summed E-state index contributed by atoms with van der Waals surface area (Å²) in [5.41, 5.74) is 16.1. The van der Waals surface area contributed by atoms with E-state index in [1.807, 2.05) is 116 Å². The summed E-state index contributed by atoms with van der Waals surface area (Å²) in [5.74, 6) is 4.70. The summed E-state index contributed by atoms with van der Waals surface area (Å²) in [6, 6.07) is 23.6. The van der Waals surface area contributed by atoms with E-state index in [0.717, 1.165) is 250 Å². The van der Waals surface area contributed by atoms with Crippen molar-refractivity contribution in [3.8, 4) is 0 Å². The van der Waals surface area contributed by atoms with Crippen molar-refractivity contribution in [2.24, 2.45) is 38.9 Å². The number of nitrogens with zero attached hydrogens (tertiary/aromatic N) is 18. The lowest BCUT2D eigenvalue weighted by Crippen LogP contribution is -2.48. The van der Waals surface area contributed by atoms with Crippen LogP contribution in [0.1, 0.15) is 366 Å². The molecule has 12 aromatic heterocycles. The highest BCUT2D eigenvalue weighted by atomic mass is 35.5. The summed E-state index contributed by atoms with van der Waals surface area (Å²) >= 11 is 12.2. The Bertz CT molecular complexity index is 6570. The average molecular weight is 2050 g/mol. The number of carbonyl (C=O) groups excluding carboxylic acids is 6. The molecule has 33 nitrogen and oxygen atoms in total. The van der Waals surface area contributed by atoms with Crippen LogP contribution in [0.15, 0.2) is 66.7 Å². The molecule has 13 fully saturated rings. The van der Waals surface area contributed by atoms with E-state index in [-0.39, 0.29) is 74.0 Å². The highest BCUT2D eigenvalue weighted by Crippen LogP contribution is 2.57. The van der Waals surface area contributed by atoms with Crippen LogP contribution in [0.3, 0.4) is 0 Å². The van der Waals surface area contributed by atoms with Gasteiger partial charge in [-0.1, -0.05) is 86.5 Å². The summed E-state index contributed by atoms with van der Waals surface area (Å²) in [6.45, 7) is 27.6. The number of fused-ring (bicyclic) bond motifs is 8. The van der Waals surface area contributed by atoms with E-state index in [9.17, 15) is 28.8 Å². The van der Waals surface area contributed by atoms with Crippen molar-refractivity contribution >= 4 is 161 Å². The van der Waals surface area contributed by atoms with Gasteiger partial charge in [0.2, 0.25) is 71.1 Å². The summed E-state index contributed by atoms with van der Waals surface area (Å²) < 4.78 is 30.0. The number of aryl methyl sites for hydroxylation is 5. The fourth-order valence-corrected chi connectivity index (χ4v) is 22.9. The minimum absolute atomic E-state index is 0. The van der Waals surface area contributed by atoms with E-state index in [4.69, 9.17) is 37.4 Å². The number of hydrogen-bond donors (Lipinski definition) is 6. The van der Waals surface area contributed by atoms with Gasteiger partial charge in [-0.25, -0.2) is 59.8 Å². The molecule has 788 valence electrons. The normalized spacial score (nSPS) is 22.9. The molecule has 15 heterocycles. The first kappa shape index (κ1) is 106. The van der Waals surface area contributed by atoms with Gasteiger partial charge in [-0.15, -0.1) is 0 Å². The zero-order chi connectivity index (χ0) is 101. The van der Waals surface area contributed by atoms with Gasteiger partial charge >= 0.3 is 0 Å². The highest BCUT2D eigenvalue weighted by Gasteiger charge is 2.56. The van der Waals surface area contributed by atoms with Gasteiger partial charge in [0.05, 0.1) is 29.0 Å². The summed E-state index contributed by atoms with van der Waals surface area (Å²) in [4.78, 5) is 130. The zero-order valence-corrected chi connectivity index (χ0v) is 88.0. The lowest BCUT2D eigenvalue weighted by Gasteiger charge is -2.47. The number of aromatic nitrogens is 18. The first-order chi connectivity index (χ1) is 69.6. The summed E-state index contributed by atoms with van der Waals surface area (Å²) in [7, 11) is 0. The molecule has 0 aromatic carbocycles. The van der Waals surface area contributed by atoms with E-state index in [1.165, 1.54) is 64.2 Å². The number of amides is 6. The lowest BCUT2D eigenvalue weighted by atomic mass is 9.59. The third kappa shape index (κ3) is 23.8. The Hall–Kier alpha value is -11.0. The molecule has 12 aromatic rings. The van der Waals surface area contributed by atoms with Crippen molar-refractivity contribution < 1.29 is 43.0 Å². The molecule has 7 atom stereocenters. The first-order valence-electron chi connectivity index (χ1n) is 53.8. The molecular formula is C112H152Cl2N24O9. The molecule has 25 rings (SSSR count). The van der Waals surface area contributed by atoms with Gasteiger partial charge in [0, 0.05) is 117 Å². The molecule has 147 heavy (non-hydrogen) atoms. The molecule has 3 saturated heterocycles. The molecule has 2 unspecified atom stereocenters. The van der Waals surface area contributed by atoms with E-state index in [1.54, 1.807) is 6.07 Å². The smallest absolute Gasteiger partial charge is 0.227 e. The van der Waals surface area contributed by atoms with Crippen molar-refractivity contribution in [2.45, 2.75) is 390 Å². The average Bonchev–Trinajstić information content (AvgIpc) is 1.62. The Morgan fingerprint density at radius 1 is 0.354 bits per heavy atom. The van der Waals surface area contributed by atoms with Crippen molar-refractivity contribution in [1.82, 2.24) is 87.2 Å². The Balaban J connectivity index is 0.000000115. The fourth-order valence-electron chi connectivity index (χ4n) is 22.6. The number of anilines is 6.